The van der Waals surface area contributed by atoms with E-state index in [1.807, 2.05) is 43.0 Å². The average molecular weight is 346 g/mol. The summed E-state index contributed by atoms with van der Waals surface area (Å²) >= 11 is 9.62. The summed E-state index contributed by atoms with van der Waals surface area (Å²) < 4.78 is -0.487. The van der Waals surface area contributed by atoms with Crippen LogP contribution in [0.2, 0.25) is 5.02 Å². The summed E-state index contributed by atoms with van der Waals surface area (Å²) in [6.45, 7) is 6.88. The Balaban J connectivity index is 2.00. The van der Waals surface area contributed by atoms with Crippen molar-refractivity contribution in [1.82, 2.24) is 4.90 Å². The van der Waals surface area contributed by atoms with Gasteiger partial charge in [-0.1, -0.05) is 39.7 Å². The molecule has 1 heterocycles. The van der Waals surface area contributed by atoms with Gasteiger partial charge in [0, 0.05) is 26.2 Å². The molecule has 1 fully saturated rings. The molecule has 1 aliphatic heterocycles. The average Bonchev–Trinajstić information content (AvgIpc) is 2.38. The first-order valence-corrected chi connectivity index (χ1v) is 7.54. The highest BCUT2D eigenvalue weighted by Crippen LogP contribution is 2.27. The third-order valence-electron chi connectivity index (χ3n) is 3.27. The Labute approximate surface area is 127 Å². The maximum Gasteiger partial charge on any atom is 0.239 e. The number of anilines is 1. The Hall–Kier alpha value is -0.740. The lowest BCUT2D eigenvalue weighted by Crippen LogP contribution is -2.52. The lowest BCUT2D eigenvalue weighted by Gasteiger charge is -2.38. The Bertz CT molecular complexity index is 465. The second kappa shape index (κ2) is 5.71. The van der Waals surface area contributed by atoms with Crippen LogP contribution in [0.5, 0.6) is 0 Å². The smallest absolute Gasteiger partial charge is 0.239 e. The molecular formula is C14H18BrClN2O. The molecule has 0 radical (unpaired) electrons. The zero-order chi connectivity index (χ0) is 14.0. The van der Waals surface area contributed by atoms with Gasteiger partial charge in [0.15, 0.2) is 0 Å². The van der Waals surface area contributed by atoms with E-state index in [1.54, 1.807) is 0 Å². The Morgan fingerprint density at radius 1 is 1.21 bits per heavy atom. The van der Waals surface area contributed by atoms with Crippen LogP contribution in [0.15, 0.2) is 24.3 Å². The highest BCUT2D eigenvalue weighted by molar-refractivity contribution is 9.10. The van der Waals surface area contributed by atoms with E-state index in [0.717, 1.165) is 36.9 Å². The van der Waals surface area contributed by atoms with Gasteiger partial charge in [0.25, 0.3) is 0 Å². The van der Waals surface area contributed by atoms with Crippen molar-refractivity contribution in [3.63, 3.8) is 0 Å². The van der Waals surface area contributed by atoms with Gasteiger partial charge in [-0.3, -0.25) is 4.79 Å². The number of amides is 1. The van der Waals surface area contributed by atoms with Crippen LogP contribution in [0.1, 0.15) is 13.8 Å². The summed E-state index contributed by atoms with van der Waals surface area (Å²) in [4.78, 5) is 16.3. The van der Waals surface area contributed by atoms with E-state index < -0.39 is 4.32 Å². The minimum absolute atomic E-state index is 0.145. The van der Waals surface area contributed by atoms with Gasteiger partial charge >= 0.3 is 0 Å². The molecule has 0 bridgehead atoms. The van der Waals surface area contributed by atoms with E-state index in [4.69, 9.17) is 11.6 Å². The van der Waals surface area contributed by atoms with Gasteiger partial charge in [-0.2, -0.15) is 0 Å². The summed E-state index contributed by atoms with van der Waals surface area (Å²) in [5.74, 6) is 0.145. The van der Waals surface area contributed by atoms with E-state index in [0.29, 0.717) is 0 Å². The molecule has 0 unspecified atom stereocenters. The van der Waals surface area contributed by atoms with Crippen molar-refractivity contribution in [2.45, 2.75) is 18.2 Å². The second-order valence-electron chi connectivity index (χ2n) is 5.20. The predicted octanol–water partition coefficient (Wildman–Crippen LogP) is 3.16. The van der Waals surface area contributed by atoms with Crippen molar-refractivity contribution >= 4 is 39.1 Å². The largest absolute Gasteiger partial charge is 0.367 e. The SMILES string of the molecule is CC(C)(Br)C(=O)N1CCN(c2ccccc2Cl)CC1. The third-order valence-corrected chi connectivity index (χ3v) is 3.93. The molecule has 19 heavy (non-hydrogen) atoms. The number of nitrogens with zero attached hydrogens (tertiary/aromatic N) is 2. The minimum atomic E-state index is -0.487. The topological polar surface area (TPSA) is 23.6 Å². The van der Waals surface area contributed by atoms with Gasteiger partial charge in [0.1, 0.15) is 0 Å². The third kappa shape index (κ3) is 3.42. The van der Waals surface area contributed by atoms with Crippen molar-refractivity contribution in [3.05, 3.63) is 29.3 Å². The fraction of sp³-hybridized carbons (Fsp3) is 0.500. The molecule has 1 aromatic carbocycles. The Morgan fingerprint density at radius 3 is 2.32 bits per heavy atom. The van der Waals surface area contributed by atoms with Crippen LogP contribution < -0.4 is 4.90 Å². The second-order valence-corrected chi connectivity index (χ2v) is 7.59. The maximum atomic E-state index is 12.2. The van der Waals surface area contributed by atoms with E-state index in [-0.39, 0.29) is 5.91 Å². The highest BCUT2D eigenvalue weighted by atomic mass is 79.9. The number of carbonyl (C=O) groups is 1. The highest BCUT2D eigenvalue weighted by Gasteiger charge is 2.31. The Kier molecular flexibility index (Phi) is 4.41. The number of hydrogen-bond acceptors (Lipinski definition) is 2. The van der Waals surface area contributed by atoms with E-state index in [9.17, 15) is 4.79 Å². The fourth-order valence-corrected chi connectivity index (χ4v) is 2.74. The first-order valence-electron chi connectivity index (χ1n) is 6.37. The van der Waals surface area contributed by atoms with Crippen LogP contribution in [-0.4, -0.2) is 41.3 Å². The van der Waals surface area contributed by atoms with Crippen molar-refractivity contribution in [2.75, 3.05) is 31.1 Å². The minimum Gasteiger partial charge on any atom is -0.367 e. The van der Waals surface area contributed by atoms with E-state index >= 15 is 0 Å². The van der Waals surface area contributed by atoms with Crippen molar-refractivity contribution in [2.24, 2.45) is 0 Å². The van der Waals surface area contributed by atoms with E-state index in [2.05, 4.69) is 20.8 Å². The molecule has 0 aliphatic carbocycles. The number of hydrogen-bond donors (Lipinski definition) is 0. The Morgan fingerprint density at radius 2 is 1.79 bits per heavy atom. The monoisotopic (exact) mass is 344 g/mol. The molecule has 3 nitrogen and oxygen atoms in total. The van der Waals surface area contributed by atoms with Gasteiger partial charge in [0.05, 0.1) is 15.0 Å². The number of rotatable bonds is 2. The molecule has 5 heteroatoms. The molecule has 0 N–H and O–H groups in total. The van der Waals surface area contributed by atoms with Crippen LogP contribution in [0.4, 0.5) is 5.69 Å². The molecule has 1 aromatic rings. The van der Waals surface area contributed by atoms with Crippen LogP contribution in [0, 0.1) is 0 Å². The maximum absolute atomic E-state index is 12.2. The number of para-hydroxylation sites is 1. The van der Waals surface area contributed by atoms with Crippen LogP contribution in [0.3, 0.4) is 0 Å². The summed E-state index contributed by atoms with van der Waals surface area (Å²) in [5, 5.41) is 0.767. The van der Waals surface area contributed by atoms with Gasteiger partial charge < -0.3 is 9.80 Å². The molecule has 2 rings (SSSR count). The molecule has 0 saturated carbocycles. The molecule has 104 valence electrons. The quantitative estimate of drug-likeness (QED) is 0.769. The number of piperazine rings is 1. The van der Waals surface area contributed by atoms with Gasteiger partial charge in [-0.05, 0) is 26.0 Å². The molecule has 0 atom stereocenters. The predicted molar refractivity (Wildman–Crippen MR) is 83.3 cm³/mol. The van der Waals surface area contributed by atoms with E-state index in [1.165, 1.54) is 0 Å². The van der Waals surface area contributed by atoms with Crippen molar-refractivity contribution < 1.29 is 4.79 Å². The normalized spacial score (nSPS) is 16.6. The molecule has 1 saturated heterocycles. The zero-order valence-electron chi connectivity index (χ0n) is 11.2. The number of carbonyl (C=O) groups excluding carboxylic acids is 1. The van der Waals surface area contributed by atoms with Crippen molar-refractivity contribution in [3.8, 4) is 0 Å². The standard InChI is InChI=1S/C14H18BrClN2O/c1-14(2,15)13(19)18-9-7-17(8-10-18)12-6-4-3-5-11(12)16/h3-6H,7-10H2,1-2H3. The summed E-state index contributed by atoms with van der Waals surface area (Å²) in [5.41, 5.74) is 1.05. The first-order chi connectivity index (χ1) is 8.89. The van der Waals surface area contributed by atoms with Crippen LogP contribution in [0.25, 0.3) is 0 Å². The zero-order valence-corrected chi connectivity index (χ0v) is 13.5. The lowest BCUT2D eigenvalue weighted by atomic mass is 10.1. The molecule has 1 aliphatic rings. The molecule has 1 amide bonds. The van der Waals surface area contributed by atoms with Gasteiger partial charge in [-0.15, -0.1) is 0 Å². The molecule has 0 spiro atoms. The number of benzene rings is 1. The summed E-state index contributed by atoms with van der Waals surface area (Å²) in [6, 6.07) is 7.84. The van der Waals surface area contributed by atoms with Gasteiger partial charge in [-0.25, -0.2) is 0 Å². The van der Waals surface area contributed by atoms with Gasteiger partial charge in [0.2, 0.25) is 5.91 Å². The molecular weight excluding hydrogens is 328 g/mol. The lowest BCUT2D eigenvalue weighted by molar-refractivity contribution is -0.133. The summed E-state index contributed by atoms with van der Waals surface area (Å²) in [7, 11) is 0. The van der Waals surface area contributed by atoms with Crippen LogP contribution >= 0.6 is 27.5 Å². The first kappa shape index (κ1) is 14.7. The number of halogens is 2. The van der Waals surface area contributed by atoms with Crippen LogP contribution in [-0.2, 0) is 4.79 Å². The van der Waals surface area contributed by atoms with Crippen molar-refractivity contribution in [1.29, 1.82) is 0 Å². The number of alkyl halides is 1. The molecule has 0 aromatic heterocycles. The summed E-state index contributed by atoms with van der Waals surface area (Å²) in [6.07, 6.45) is 0. The fourth-order valence-electron chi connectivity index (χ4n) is 2.23.